The molecule has 0 aliphatic carbocycles. The lowest BCUT2D eigenvalue weighted by Crippen LogP contribution is -2.56. The van der Waals surface area contributed by atoms with Gasteiger partial charge in [0.25, 0.3) is 5.89 Å². The minimum atomic E-state index is -0.319. The molecule has 2 aliphatic heterocycles. The predicted molar refractivity (Wildman–Crippen MR) is 133 cm³/mol. The lowest BCUT2D eigenvalue weighted by atomic mass is 10.1. The van der Waals surface area contributed by atoms with Crippen LogP contribution >= 0.6 is 0 Å². The first-order valence-corrected chi connectivity index (χ1v) is 12.1. The summed E-state index contributed by atoms with van der Waals surface area (Å²) in [5, 5.41) is 25.6. The van der Waals surface area contributed by atoms with Crippen molar-refractivity contribution in [2.45, 2.75) is 39.1 Å². The number of piperazine rings is 1. The van der Waals surface area contributed by atoms with Gasteiger partial charge in [-0.05, 0) is 38.1 Å². The lowest BCUT2D eigenvalue weighted by Gasteiger charge is -2.37. The highest BCUT2D eigenvalue weighted by Crippen LogP contribution is 2.34. The average molecular weight is 500 g/mol. The first-order chi connectivity index (χ1) is 17.9. The maximum atomic E-state index is 12.0. The Hall–Kier alpha value is -4.50. The number of nitrogens with one attached hydrogen (secondary N) is 1. The van der Waals surface area contributed by atoms with E-state index >= 15 is 0 Å². The molecule has 4 aromatic heterocycles. The highest BCUT2D eigenvalue weighted by atomic mass is 16.5. The molecule has 6 rings (SSSR count). The largest absolute Gasteiger partial charge is 0.403 e. The van der Waals surface area contributed by atoms with E-state index in [4.69, 9.17) is 14.4 Å². The van der Waals surface area contributed by atoms with Crippen LogP contribution < -0.4 is 10.2 Å². The molecule has 2 bridgehead atoms. The molecule has 0 aromatic carbocycles. The molecule has 188 valence electrons. The van der Waals surface area contributed by atoms with Crippen molar-refractivity contribution >= 4 is 23.1 Å². The number of hydrogen-bond acceptors (Lipinski definition) is 10. The smallest absolute Gasteiger partial charge is 0.318 e. The van der Waals surface area contributed by atoms with E-state index in [0.717, 1.165) is 16.9 Å². The fourth-order valence-electron chi connectivity index (χ4n) is 4.94. The summed E-state index contributed by atoms with van der Waals surface area (Å²) in [6, 6.07) is 10.1. The molecule has 0 radical (unpaired) electrons. The number of nitrogens with zero attached hydrogens (tertiary/aromatic N) is 8. The van der Waals surface area contributed by atoms with Gasteiger partial charge in [-0.2, -0.15) is 10.4 Å². The molecule has 12 heteroatoms. The number of pyridine rings is 1. The van der Waals surface area contributed by atoms with Crippen molar-refractivity contribution in [1.29, 1.82) is 5.26 Å². The Balaban J connectivity index is 1.32. The van der Waals surface area contributed by atoms with Gasteiger partial charge in [-0.1, -0.05) is 5.10 Å². The summed E-state index contributed by atoms with van der Waals surface area (Å²) in [7, 11) is 0. The van der Waals surface area contributed by atoms with Crippen LogP contribution in [0.4, 0.5) is 11.7 Å². The fourth-order valence-corrected chi connectivity index (χ4v) is 4.94. The molecule has 4 aromatic rings. The zero-order chi connectivity index (χ0) is 25.7. The molecule has 2 unspecified atom stereocenters. The van der Waals surface area contributed by atoms with Crippen molar-refractivity contribution in [3.63, 3.8) is 0 Å². The van der Waals surface area contributed by atoms with E-state index < -0.39 is 0 Å². The van der Waals surface area contributed by atoms with Gasteiger partial charge in [0.05, 0.1) is 59.1 Å². The van der Waals surface area contributed by atoms with Crippen LogP contribution in [-0.2, 0) is 9.53 Å². The number of nitriles is 1. The van der Waals surface area contributed by atoms with E-state index in [1.807, 2.05) is 36.9 Å². The van der Waals surface area contributed by atoms with Gasteiger partial charge in [0.15, 0.2) is 6.23 Å². The van der Waals surface area contributed by atoms with Crippen LogP contribution in [0.1, 0.15) is 26.3 Å². The molecule has 1 N–H and O–H groups in total. The first kappa shape index (κ1) is 22.9. The molecule has 1 amide bonds. The van der Waals surface area contributed by atoms with Crippen LogP contribution in [0.15, 0.2) is 41.1 Å². The summed E-state index contributed by atoms with van der Waals surface area (Å²) in [6.07, 6.45) is 2.92. The molecule has 0 spiro atoms. The van der Waals surface area contributed by atoms with Gasteiger partial charge < -0.3 is 24.3 Å². The van der Waals surface area contributed by atoms with Crippen molar-refractivity contribution < 1.29 is 13.9 Å². The number of amides is 1. The van der Waals surface area contributed by atoms with E-state index in [9.17, 15) is 4.79 Å². The standard InChI is InChI=1S/C25H25N9O3/c1-14(2)29-20-7-21(22-5-4-17-6-16(8-26)9-28-34(17)22)27-10-19(20)24-30-31-25(37-24)32-11-18-13-36-23(12-32)33(18)15(3)35/h4-7,9-10,14,18,23H,11-13H2,1-3H3,(H,27,29). The van der Waals surface area contributed by atoms with Gasteiger partial charge in [0, 0.05) is 25.7 Å². The quantitative estimate of drug-likeness (QED) is 0.436. The molecule has 12 nitrogen and oxygen atoms in total. The van der Waals surface area contributed by atoms with Gasteiger partial charge in [-0.3, -0.25) is 9.78 Å². The van der Waals surface area contributed by atoms with E-state index in [2.05, 4.69) is 31.7 Å². The monoisotopic (exact) mass is 499 g/mol. The third kappa shape index (κ3) is 4.03. The van der Waals surface area contributed by atoms with Crippen molar-refractivity contribution in [2.75, 3.05) is 29.9 Å². The number of rotatable bonds is 5. The molecule has 0 saturated carbocycles. The van der Waals surface area contributed by atoms with Crippen LogP contribution in [0.3, 0.4) is 0 Å². The number of aromatic nitrogens is 5. The summed E-state index contributed by atoms with van der Waals surface area (Å²) in [4.78, 5) is 20.4. The highest BCUT2D eigenvalue weighted by Gasteiger charge is 2.43. The molecule has 37 heavy (non-hydrogen) atoms. The van der Waals surface area contributed by atoms with Gasteiger partial charge in [0.2, 0.25) is 5.91 Å². The third-order valence-electron chi connectivity index (χ3n) is 6.51. The first-order valence-electron chi connectivity index (χ1n) is 12.1. The average Bonchev–Trinajstić information content (AvgIpc) is 3.59. The van der Waals surface area contributed by atoms with Crippen molar-refractivity contribution in [3.8, 4) is 28.9 Å². The number of hydrogen-bond donors (Lipinski definition) is 1. The van der Waals surface area contributed by atoms with E-state index in [1.54, 1.807) is 28.6 Å². The van der Waals surface area contributed by atoms with Gasteiger partial charge in [-0.25, -0.2) is 4.52 Å². The molecule has 2 fully saturated rings. The highest BCUT2D eigenvalue weighted by molar-refractivity contribution is 5.77. The summed E-state index contributed by atoms with van der Waals surface area (Å²) in [5.41, 5.74) is 4.28. The second-order valence-electron chi connectivity index (χ2n) is 9.49. The van der Waals surface area contributed by atoms with E-state index in [0.29, 0.717) is 48.4 Å². The third-order valence-corrected chi connectivity index (χ3v) is 6.51. The summed E-state index contributed by atoms with van der Waals surface area (Å²) in [5.74, 6) is 0.349. The topological polar surface area (TPSA) is 138 Å². The molecular weight excluding hydrogens is 474 g/mol. The Bertz CT molecular complexity index is 1520. The van der Waals surface area contributed by atoms with Crippen LogP contribution in [0, 0.1) is 11.3 Å². The Labute approximate surface area is 212 Å². The molecule has 2 aliphatic rings. The molecular formula is C25H25N9O3. The molecule has 2 saturated heterocycles. The number of carbonyl (C=O) groups is 1. The second-order valence-corrected chi connectivity index (χ2v) is 9.49. The Morgan fingerprint density at radius 1 is 1.22 bits per heavy atom. The Morgan fingerprint density at radius 2 is 2.08 bits per heavy atom. The minimum Gasteiger partial charge on any atom is -0.403 e. The van der Waals surface area contributed by atoms with Gasteiger partial charge in [0.1, 0.15) is 6.07 Å². The summed E-state index contributed by atoms with van der Waals surface area (Å²) >= 11 is 0. The second kappa shape index (κ2) is 8.86. The van der Waals surface area contributed by atoms with Crippen molar-refractivity contribution in [2.24, 2.45) is 0 Å². The minimum absolute atomic E-state index is 0.00500. The number of anilines is 2. The van der Waals surface area contributed by atoms with Crippen LogP contribution in [-0.4, -0.2) is 73.6 Å². The zero-order valence-electron chi connectivity index (χ0n) is 20.6. The Kier molecular flexibility index (Phi) is 5.49. The SMILES string of the molecule is CC(=O)N1C2COC1CN(c1nnc(-c3cnc(-c4ccc5cc(C#N)cnn45)cc3NC(C)C)o1)C2. The van der Waals surface area contributed by atoms with Gasteiger partial charge in [-0.15, -0.1) is 5.10 Å². The Morgan fingerprint density at radius 3 is 2.84 bits per heavy atom. The van der Waals surface area contributed by atoms with Crippen LogP contribution in [0.25, 0.3) is 28.4 Å². The normalized spacial score (nSPS) is 19.0. The maximum Gasteiger partial charge on any atom is 0.318 e. The number of carbonyl (C=O) groups excluding carboxylic acids is 1. The fraction of sp³-hybridized carbons (Fsp3) is 0.360. The molecule has 6 heterocycles. The van der Waals surface area contributed by atoms with Crippen molar-refractivity contribution in [3.05, 3.63) is 42.2 Å². The number of fused-ring (bicyclic) bond motifs is 3. The lowest BCUT2D eigenvalue weighted by molar-refractivity contribution is -0.135. The molecule has 2 atom stereocenters. The van der Waals surface area contributed by atoms with E-state index in [1.165, 1.54) is 6.20 Å². The van der Waals surface area contributed by atoms with E-state index in [-0.39, 0.29) is 24.2 Å². The van der Waals surface area contributed by atoms with Crippen LogP contribution in [0.5, 0.6) is 0 Å². The summed E-state index contributed by atoms with van der Waals surface area (Å²) < 4.78 is 13.6. The number of ether oxygens (including phenoxy) is 1. The predicted octanol–water partition coefficient (Wildman–Crippen LogP) is 2.53. The maximum absolute atomic E-state index is 12.0. The van der Waals surface area contributed by atoms with Crippen LogP contribution in [0.2, 0.25) is 0 Å². The zero-order valence-corrected chi connectivity index (χ0v) is 20.6. The summed E-state index contributed by atoms with van der Waals surface area (Å²) in [6.45, 7) is 7.18. The van der Waals surface area contributed by atoms with Crippen molar-refractivity contribution in [1.82, 2.24) is 29.7 Å². The van der Waals surface area contributed by atoms with Gasteiger partial charge >= 0.3 is 6.01 Å².